The lowest BCUT2D eigenvalue weighted by molar-refractivity contribution is -0.0291. The maximum absolute atomic E-state index is 12.7. The zero-order valence-electron chi connectivity index (χ0n) is 42.3. The molecule has 2 amide bonds. The van der Waals surface area contributed by atoms with Crippen LogP contribution in [0.2, 0.25) is 0 Å². The van der Waals surface area contributed by atoms with Crippen molar-refractivity contribution in [3.63, 3.8) is 0 Å². The van der Waals surface area contributed by atoms with E-state index in [0.717, 1.165) is 58.1 Å². The number of carbonyl (C=O) groups is 2. The Kier molecular flexibility index (Phi) is 46.2. The van der Waals surface area contributed by atoms with Crippen LogP contribution in [0.15, 0.2) is 0 Å². The van der Waals surface area contributed by atoms with Crippen molar-refractivity contribution in [3.8, 4) is 0 Å². The van der Waals surface area contributed by atoms with Gasteiger partial charge in [0.15, 0.2) is 0 Å². The van der Waals surface area contributed by atoms with Gasteiger partial charge in [-0.05, 0) is 58.4 Å². The van der Waals surface area contributed by atoms with Crippen LogP contribution in [-0.2, 0) is 18.9 Å². The van der Waals surface area contributed by atoms with Crippen molar-refractivity contribution in [2.45, 2.75) is 278 Å². The van der Waals surface area contributed by atoms with Gasteiger partial charge in [0.2, 0.25) is 0 Å². The lowest BCUT2D eigenvalue weighted by Crippen LogP contribution is -2.47. The van der Waals surface area contributed by atoms with Gasteiger partial charge >= 0.3 is 12.2 Å². The monoisotopic (exact) mass is 882 g/mol. The molecule has 0 heterocycles. The Labute approximate surface area is 385 Å². The van der Waals surface area contributed by atoms with E-state index in [4.69, 9.17) is 18.9 Å². The van der Waals surface area contributed by atoms with Crippen LogP contribution in [-0.4, -0.2) is 70.1 Å². The molecule has 0 aromatic carbocycles. The number of hydrogen-bond donors (Lipinski definition) is 3. The van der Waals surface area contributed by atoms with E-state index in [-0.39, 0.29) is 18.8 Å². The second-order valence-electron chi connectivity index (χ2n) is 19.5. The third kappa shape index (κ3) is 47.9. The summed E-state index contributed by atoms with van der Waals surface area (Å²) < 4.78 is 23.0. The zero-order valence-corrected chi connectivity index (χ0v) is 42.3. The van der Waals surface area contributed by atoms with Gasteiger partial charge in [-0.15, -0.1) is 0 Å². The van der Waals surface area contributed by atoms with Gasteiger partial charge < -0.3 is 29.6 Å². The van der Waals surface area contributed by atoms with Gasteiger partial charge in [0.05, 0.1) is 38.2 Å². The molecule has 9 nitrogen and oxygen atoms in total. The van der Waals surface area contributed by atoms with Crippen molar-refractivity contribution < 1.29 is 28.5 Å². The molecule has 0 aliphatic rings. The van der Waals surface area contributed by atoms with Crippen LogP contribution in [0.25, 0.3) is 0 Å². The molecule has 0 saturated heterocycles. The number of unbranched alkanes of at least 4 members (excludes halogenated alkanes) is 30. The van der Waals surface area contributed by atoms with E-state index >= 15 is 0 Å². The van der Waals surface area contributed by atoms with Crippen LogP contribution >= 0.6 is 0 Å². The molecule has 0 saturated carbocycles. The molecule has 9 heteroatoms. The van der Waals surface area contributed by atoms with E-state index in [0.29, 0.717) is 25.9 Å². The molecule has 0 spiro atoms. The third-order valence-electron chi connectivity index (χ3n) is 12.1. The van der Waals surface area contributed by atoms with Gasteiger partial charge in [-0.2, -0.15) is 0 Å². The van der Waals surface area contributed by atoms with E-state index in [1.807, 2.05) is 0 Å². The largest absolute Gasteiger partial charge is 0.450 e. The van der Waals surface area contributed by atoms with E-state index in [9.17, 15) is 9.59 Å². The fraction of sp³-hybridized carbons (Fsp3) is 0.962. The minimum absolute atomic E-state index is 0.148. The van der Waals surface area contributed by atoms with Gasteiger partial charge in [0.25, 0.3) is 0 Å². The molecule has 0 aromatic rings. The lowest BCUT2D eigenvalue weighted by Gasteiger charge is -2.26. The Morgan fingerprint density at radius 3 is 1.29 bits per heavy atom. The number of hydrogen-bond acceptors (Lipinski definition) is 7. The Morgan fingerprint density at radius 1 is 0.500 bits per heavy atom. The molecule has 0 radical (unpaired) electrons. The summed E-state index contributed by atoms with van der Waals surface area (Å²) in [5.74, 6) is 0.642. The predicted octanol–water partition coefficient (Wildman–Crippen LogP) is 15.5. The van der Waals surface area contributed by atoms with Gasteiger partial charge in [-0.1, -0.05) is 220 Å². The first kappa shape index (κ1) is 60.4. The first-order chi connectivity index (χ1) is 30.2. The summed E-state index contributed by atoms with van der Waals surface area (Å²) in [5, 5.41) is 9.06. The van der Waals surface area contributed by atoms with E-state index < -0.39 is 18.2 Å². The highest BCUT2D eigenvalue weighted by atomic mass is 16.6. The van der Waals surface area contributed by atoms with Crippen LogP contribution in [0.1, 0.15) is 266 Å². The first-order valence-electron chi connectivity index (χ1n) is 27.0. The second kappa shape index (κ2) is 47.4. The summed E-state index contributed by atoms with van der Waals surface area (Å²) in [5.41, 5.74) is -0.148. The Balaban J connectivity index is 4.25. The Bertz CT molecular complexity index is 935. The van der Waals surface area contributed by atoms with Crippen molar-refractivity contribution in [1.29, 1.82) is 0 Å². The third-order valence-corrected chi connectivity index (χ3v) is 12.1. The highest BCUT2D eigenvalue weighted by Gasteiger charge is 2.18. The minimum atomic E-state index is -0.476. The SMILES string of the molecule is CCCCCCCCCCCCCCCCCCOC(=O)NCC(COCNCCCC(C)(C)OCCC(C)C)NC(=O)OCCCCCCCCCCCCCCCCCC. The number of ether oxygens (including phenoxy) is 4. The summed E-state index contributed by atoms with van der Waals surface area (Å²) in [4.78, 5) is 25.3. The standard InChI is InChI=1S/C53H107N3O6/c1-7-9-11-13-15-17-19-21-23-25-27-29-31-33-35-37-43-60-51(57)55-46-50(47-59-48-54-42-39-41-53(5,6)62-45-40-49(3)4)56-52(58)61-44-38-36-34-32-30-28-26-24-22-20-18-16-14-12-10-8-2/h49-50,54H,7-48H2,1-6H3,(H,55,57)(H,56,58). The predicted molar refractivity (Wildman–Crippen MR) is 264 cm³/mol. The van der Waals surface area contributed by atoms with Gasteiger partial charge in [0, 0.05) is 13.2 Å². The molecule has 0 aliphatic heterocycles. The minimum Gasteiger partial charge on any atom is -0.450 e. The topological polar surface area (TPSA) is 107 Å². The van der Waals surface area contributed by atoms with Crippen molar-refractivity contribution in [3.05, 3.63) is 0 Å². The van der Waals surface area contributed by atoms with Crippen molar-refractivity contribution in [2.75, 3.05) is 46.2 Å². The molecule has 0 bridgehead atoms. The molecule has 3 N–H and O–H groups in total. The average molecular weight is 882 g/mol. The molecule has 62 heavy (non-hydrogen) atoms. The molecule has 370 valence electrons. The smallest absolute Gasteiger partial charge is 0.407 e. The fourth-order valence-corrected chi connectivity index (χ4v) is 7.88. The first-order valence-corrected chi connectivity index (χ1v) is 27.0. The van der Waals surface area contributed by atoms with E-state index in [1.54, 1.807) is 0 Å². The van der Waals surface area contributed by atoms with Crippen LogP contribution in [0, 0.1) is 5.92 Å². The number of carbonyl (C=O) groups excluding carboxylic acids is 2. The number of alkyl carbamates (subject to hydrolysis) is 2. The highest BCUT2D eigenvalue weighted by Crippen LogP contribution is 2.18. The normalized spacial score (nSPS) is 12.2. The molecule has 0 aromatic heterocycles. The average Bonchev–Trinajstić information content (AvgIpc) is 3.24. The molecule has 0 rings (SSSR count). The summed E-state index contributed by atoms with van der Waals surface area (Å²) in [6.45, 7) is 16.5. The van der Waals surface area contributed by atoms with Crippen LogP contribution < -0.4 is 16.0 Å². The van der Waals surface area contributed by atoms with E-state index in [2.05, 4.69) is 57.5 Å². The molecular formula is C53H107N3O6. The summed E-state index contributed by atoms with van der Waals surface area (Å²) in [7, 11) is 0. The van der Waals surface area contributed by atoms with Crippen molar-refractivity contribution in [1.82, 2.24) is 16.0 Å². The Morgan fingerprint density at radius 2 is 0.887 bits per heavy atom. The number of amides is 2. The van der Waals surface area contributed by atoms with E-state index in [1.165, 1.54) is 180 Å². The molecule has 1 atom stereocenters. The van der Waals surface area contributed by atoms with Crippen LogP contribution in [0.5, 0.6) is 0 Å². The quantitative estimate of drug-likeness (QED) is 0.0413. The van der Waals surface area contributed by atoms with Crippen LogP contribution in [0.3, 0.4) is 0 Å². The Hall–Kier alpha value is -1.58. The molecule has 0 fully saturated rings. The molecule has 1 unspecified atom stereocenters. The fourth-order valence-electron chi connectivity index (χ4n) is 7.88. The summed E-state index contributed by atoms with van der Waals surface area (Å²) in [6.07, 6.45) is 43.9. The summed E-state index contributed by atoms with van der Waals surface area (Å²) >= 11 is 0. The van der Waals surface area contributed by atoms with Gasteiger partial charge in [0.1, 0.15) is 0 Å². The van der Waals surface area contributed by atoms with Gasteiger partial charge in [-0.3, -0.25) is 5.32 Å². The van der Waals surface area contributed by atoms with Crippen molar-refractivity contribution in [2.24, 2.45) is 5.92 Å². The second-order valence-corrected chi connectivity index (χ2v) is 19.5. The maximum Gasteiger partial charge on any atom is 0.407 e. The van der Waals surface area contributed by atoms with Gasteiger partial charge in [-0.25, -0.2) is 9.59 Å². The lowest BCUT2D eigenvalue weighted by atomic mass is 10.0. The number of nitrogens with one attached hydrogen (secondary N) is 3. The number of rotatable bonds is 49. The molecular weight excluding hydrogens is 775 g/mol. The summed E-state index contributed by atoms with van der Waals surface area (Å²) in [6, 6.07) is -0.438. The highest BCUT2D eigenvalue weighted by molar-refractivity contribution is 5.69. The zero-order chi connectivity index (χ0) is 45.5. The maximum atomic E-state index is 12.7. The van der Waals surface area contributed by atoms with Crippen molar-refractivity contribution >= 4 is 12.2 Å². The molecule has 0 aliphatic carbocycles. The van der Waals surface area contributed by atoms with Crippen LogP contribution in [0.4, 0.5) is 9.59 Å².